The molecule has 6 nitrogen and oxygen atoms in total. The number of rotatable bonds is 8. The summed E-state index contributed by atoms with van der Waals surface area (Å²) < 4.78 is 7.29. The number of hydrogen-bond acceptors (Lipinski definition) is 3. The van der Waals surface area contributed by atoms with E-state index in [1.165, 1.54) is 0 Å². The van der Waals surface area contributed by atoms with E-state index in [0.29, 0.717) is 30.8 Å². The van der Waals surface area contributed by atoms with Gasteiger partial charge in [-0.1, -0.05) is 37.3 Å². The van der Waals surface area contributed by atoms with Gasteiger partial charge in [0, 0.05) is 30.1 Å². The van der Waals surface area contributed by atoms with E-state index in [1.54, 1.807) is 7.11 Å². The lowest BCUT2D eigenvalue weighted by atomic mass is 9.95. The van der Waals surface area contributed by atoms with Gasteiger partial charge in [0.15, 0.2) is 0 Å². The number of fused-ring (bicyclic) bond motifs is 1. The number of carbonyl (C=O) groups is 2. The van der Waals surface area contributed by atoms with Gasteiger partial charge in [-0.3, -0.25) is 9.59 Å². The van der Waals surface area contributed by atoms with E-state index in [1.807, 2.05) is 67.1 Å². The molecule has 2 N–H and O–H groups in total. The Balaban J connectivity index is 1.77. The van der Waals surface area contributed by atoms with Gasteiger partial charge in [-0.15, -0.1) is 0 Å². The van der Waals surface area contributed by atoms with Crippen molar-refractivity contribution in [3.63, 3.8) is 0 Å². The van der Waals surface area contributed by atoms with Crippen molar-refractivity contribution in [1.82, 2.24) is 9.88 Å². The number of aliphatic carboxylic acids is 1. The Hall–Kier alpha value is -3.28. The van der Waals surface area contributed by atoms with Crippen molar-refractivity contribution in [2.75, 3.05) is 7.11 Å². The van der Waals surface area contributed by atoms with E-state index in [2.05, 4.69) is 5.32 Å². The fraction of sp³-hybridized carbons (Fsp3) is 0.304. The maximum Gasteiger partial charge on any atom is 0.306 e. The normalized spacial score (nSPS) is 12.0. The fourth-order valence-electron chi connectivity index (χ4n) is 3.56. The highest BCUT2D eigenvalue weighted by Crippen LogP contribution is 2.23. The molecule has 0 aliphatic heterocycles. The second-order valence-corrected chi connectivity index (χ2v) is 7.12. The Morgan fingerprint density at radius 2 is 1.93 bits per heavy atom. The van der Waals surface area contributed by atoms with Gasteiger partial charge in [-0.05, 0) is 36.6 Å². The number of carboxylic acids is 1. The molecule has 0 fully saturated rings. The van der Waals surface area contributed by atoms with Crippen LogP contribution in [0.5, 0.6) is 5.75 Å². The Bertz CT molecular complexity index is 1040. The largest absolute Gasteiger partial charge is 0.496 e. The standard InChI is InChI=1S/C23H26N2O4/c1-4-16(23(27)28)11-15-9-10-21(29-3)18(12-15)14-24-22(26)20-13-17-7-5-6-8-19(17)25(20)2/h5-10,12-13,16H,4,11,14H2,1-3H3,(H,24,26)(H,27,28). The predicted octanol–water partition coefficient (Wildman–Crippen LogP) is 3.77. The van der Waals surface area contributed by atoms with Crippen LogP contribution in [-0.4, -0.2) is 28.7 Å². The number of methoxy groups -OCH3 is 1. The molecule has 1 unspecified atom stereocenters. The number of nitrogens with one attached hydrogen (secondary N) is 1. The van der Waals surface area contributed by atoms with Gasteiger partial charge >= 0.3 is 5.97 Å². The zero-order valence-corrected chi connectivity index (χ0v) is 16.9. The zero-order chi connectivity index (χ0) is 21.0. The molecular formula is C23H26N2O4. The number of carbonyl (C=O) groups excluding carboxylic acids is 1. The van der Waals surface area contributed by atoms with Crippen LogP contribution >= 0.6 is 0 Å². The van der Waals surface area contributed by atoms with E-state index in [-0.39, 0.29) is 5.91 Å². The first kappa shape index (κ1) is 20.5. The summed E-state index contributed by atoms with van der Waals surface area (Å²) in [6, 6.07) is 15.3. The monoisotopic (exact) mass is 394 g/mol. The summed E-state index contributed by atoms with van der Waals surface area (Å²) in [4.78, 5) is 24.1. The summed E-state index contributed by atoms with van der Waals surface area (Å²) >= 11 is 0. The third-order valence-electron chi connectivity index (χ3n) is 5.29. The number of nitrogens with zero attached hydrogens (tertiary/aromatic N) is 1. The number of ether oxygens (including phenoxy) is 1. The third-order valence-corrected chi connectivity index (χ3v) is 5.29. The topological polar surface area (TPSA) is 80.6 Å². The summed E-state index contributed by atoms with van der Waals surface area (Å²) in [6.45, 7) is 2.16. The Kier molecular flexibility index (Phi) is 6.22. The van der Waals surface area contributed by atoms with Crippen molar-refractivity contribution in [3.05, 3.63) is 65.4 Å². The second-order valence-electron chi connectivity index (χ2n) is 7.12. The van der Waals surface area contributed by atoms with Crippen molar-refractivity contribution >= 4 is 22.8 Å². The summed E-state index contributed by atoms with van der Waals surface area (Å²) in [5.74, 6) is -0.738. The van der Waals surface area contributed by atoms with Crippen LogP contribution in [0.15, 0.2) is 48.5 Å². The van der Waals surface area contributed by atoms with E-state index in [0.717, 1.165) is 22.0 Å². The lowest BCUT2D eigenvalue weighted by Crippen LogP contribution is -2.25. The van der Waals surface area contributed by atoms with E-state index >= 15 is 0 Å². The Morgan fingerprint density at radius 1 is 1.17 bits per heavy atom. The lowest BCUT2D eigenvalue weighted by molar-refractivity contribution is -0.141. The average Bonchev–Trinajstić information content (AvgIpc) is 3.07. The summed E-state index contributed by atoms with van der Waals surface area (Å²) in [6.07, 6.45) is 1.01. The van der Waals surface area contributed by atoms with Gasteiger partial charge in [0.25, 0.3) is 5.91 Å². The minimum absolute atomic E-state index is 0.173. The number of para-hydroxylation sites is 1. The molecule has 0 spiro atoms. The second kappa shape index (κ2) is 8.82. The number of amides is 1. The minimum Gasteiger partial charge on any atom is -0.496 e. The zero-order valence-electron chi connectivity index (χ0n) is 16.9. The molecule has 0 saturated heterocycles. The van der Waals surface area contributed by atoms with Gasteiger partial charge in [0.2, 0.25) is 0 Å². The predicted molar refractivity (Wildman–Crippen MR) is 112 cm³/mol. The molecule has 6 heteroatoms. The molecule has 0 saturated carbocycles. The van der Waals surface area contributed by atoms with E-state index in [4.69, 9.17) is 4.74 Å². The first-order chi connectivity index (χ1) is 13.9. The first-order valence-corrected chi connectivity index (χ1v) is 9.65. The molecule has 0 radical (unpaired) electrons. The molecule has 0 bridgehead atoms. The number of hydrogen-bond donors (Lipinski definition) is 2. The Morgan fingerprint density at radius 3 is 2.59 bits per heavy atom. The van der Waals surface area contributed by atoms with Gasteiger partial charge in [-0.2, -0.15) is 0 Å². The SMILES string of the molecule is CCC(Cc1ccc(OC)c(CNC(=O)c2cc3ccccc3n2C)c1)C(=O)O. The third kappa shape index (κ3) is 4.42. The van der Waals surface area contributed by atoms with Gasteiger partial charge in [0.1, 0.15) is 11.4 Å². The summed E-state index contributed by atoms with van der Waals surface area (Å²) in [5, 5.41) is 13.3. The lowest BCUT2D eigenvalue weighted by Gasteiger charge is -2.14. The number of aromatic nitrogens is 1. The first-order valence-electron chi connectivity index (χ1n) is 9.65. The van der Waals surface area contributed by atoms with Crippen LogP contribution in [0.4, 0.5) is 0 Å². The molecule has 3 aromatic rings. The molecule has 0 aliphatic carbocycles. The fourth-order valence-corrected chi connectivity index (χ4v) is 3.56. The van der Waals surface area contributed by atoms with Crippen molar-refractivity contribution in [1.29, 1.82) is 0 Å². The van der Waals surface area contributed by atoms with E-state index < -0.39 is 11.9 Å². The summed E-state index contributed by atoms with van der Waals surface area (Å²) in [7, 11) is 3.45. The molecule has 152 valence electrons. The maximum absolute atomic E-state index is 12.8. The molecule has 0 aliphatic rings. The molecule has 1 amide bonds. The smallest absolute Gasteiger partial charge is 0.306 e. The molecule has 1 aromatic heterocycles. The van der Waals surface area contributed by atoms with Crippen LogP contribution in [0, 0.1) is 5.92 Å². The molecule has 1 heterocycles. The highest BCUT2D eigenvalue weighted by Gasteiger charge is 2.17. The molecule has 29 heavy (non-hydrogen) atoms. The van der Waals surface area contributed by atoms with Crippen LogP contribution in [0.25, 0.3) is 10.9 Å². The van der Waals surface area contributed by atoms with Crippen molar-refractivity contribution in [3.8, 4) is 5.75 Å². The quantitative estimate of drug-likeness (QED) is 0.609. The van der Waals surface area contributed by atoms with Gasteiger partial charge in [-0.25, -0.2) is 0 Å². The summed E-state index contributed by atoms with van der Waals surface area (Å²) in [5.41, 5.74) is 3.31. The molecule has 1 atom stereocenters. The van der Waals surface area contributed by atoms with Gasteiger partial charge < -0.3 is 19.7 Å². The average molecular weight is 394 g/mol. The van der Waals surface area contributed by atoms with E-state index in [9.17, 15) is 14.7 Å². The highest BCUT2D eigenvalue weighted by molar-refractivity contribution is 5.98. The molecule has 2 aromatic carbocycles. The maximum atomic E-state index is 12.8. The molecular weight excluding hydrogens is 368 g/mol. The minimum atomic E-state index is -0.797. The van der Waals surface area contributed by atoms with Gasteiger partial charge in [0.05, 0.1) is 13.0 Å². The van der Waals surface area contributed by atoms with Crippen molar-refractivity contribution < 1.29 is 19.4 Å². The number of aryl methyl sites for hydroxylation is 1. The van der Waals surface area contributed by atoms with Crippen LogP contribution in [0.1, 0.15) is 35.0 Å². The number of carboxylic acid groups (broad SMARTS) is 1. The van der Waals surface area contributed by atoms with Crippen molar-refractivity contribution in [2.45, 2.75) is 26.3 Å². The van der Waals surface area contributed by atoms with Crippen LogP contribution < -0.4 is 10.1 Å². The molecule has 3 rings (SSSR count). The highest BCUT2D eigenvalue weighted by atomic mass is 16.5. The van der Waals surface area contributed by atoms with Crippen LogP contribution in [0.3, 0.4) is 0 Å². The van der Waals surface area contributed by atoms with Crippen molar-refractivity contribution in [2.24, 2.45) is 13.0 Å². The number of benzene rings is 2. The van der Waals surface area contributed by atoms with Crippen LogP contribution in [0.2, 0.25) is 0 Å². The van der Waals surface area contributed by atoms with Crippen LogP contribution in [-0.2, 0) is 24.8 Å². The Labute approximate surface area is 170 Å².